The van der Waals surface area contributed by atoms with Gasteiger partial charge in [0.25, 0.3) is 0 Å². The number of nitrogens with zero attached hydrogens (tertiary/aromatic N) is 1. The van der Waals surface area contributed by atoms with Crippen molar-refractivity contribution in [3.8, 4) is 0 Å². The SMILES string of the molecule is O=C1NC2(CCCCCCCCCCCCC=CC2=O)CCN1C1OC(COP(=O)(O)O)C(O)C1O. The van der Waals surface area contributed by atoms with Crippen LogP contribution in [0.1, 0.15) is 83.5 Å². The van der Waals surface area contributed by atoms with Crippen molar-refractivity contribution in [3.63, 3.8) is 0 Å². The number of urea groups is 1. The van der Waals surface area contributed by atoms with Gasteiger partial charge in [-0.05, 0) is 31.8 Å². The molecule has 0 aromatic carbocycles. The summed E-state index contributed by atoms with van der Waals surface area (Å²) in [5.74, 6) is -0.136. The van der Waals surface area contributed by atoms with Gasteiger partial charge < -0.3 is 30.1 Å². The van der Waals surface area contributed by atoms with Crippen molar-refractivity contribution < 1.29 is 43.4 Å². The van der Waals surface area contributed by atoms with Gasteiger partial charge in [-0.25, -0.2) is 9.36 Å². The summed E-state index contributed by atoms with van der Waals surface area (Å²) in [7, 11) is -4.80. The number of phosphoric acid groups is 1. The first-order valence-corrected chi connectivity index (χ1v) is 14.7. The molecule has 0 radical (unpaired) electrons. The Bertz CT molecular complexity index is 819. The zero-order valence-corrected chi connectivity index (χ0v) is 21.7. The number of ketones is 1. The Morgan fingerprint density at radius 3 is 2.19 bits per heavy atom. The van der Waals surface area contributed by atoms with Gasteiger partial charge in [0.15, 0.2) is 12.0 Å². The van der Waals surface area contributed by atoms with Gasteiger partial charge >= 0.3 is 13.9 Å². The van der Waals surface area contributed by atoms with E-state index in [-0.39, 0.29) is 12.3 Å². The quantitative estimate of drug-likeness (QED) is 0.342. The van der Waals surface area contributed by atoms with Crippen molar-refractivity contribution >= 4 is 19.6 Å². The molecule has 36 heavy (non-hydrogen) atoms. The lowest BCUT2D eigenvalue weighted by atomic mass is 9.82. The second kappa shape index (κ2) is 13.5. The van der Waals surface area contributed by atoms with Crippen LogP contribution < -0.4 is 5.32 Å². The fraction of sp³-hybridized carbons (Fsp3) is 0.833. The van der Waals surface area contributed by atoms with E-state index >= 15 is 0 Å². The number of nitrogens with one attached hydrogen (secondary N) is 1. The van der Waals surface area contributed by atoms with Crippen molar-refractivity contribution in [2.24, 2.45) is 0 Å². The molecule has 0 aromatic heterocycles. The smallest absolute Gasteiger partial charge is 0.387 e. The first-order valence-electron chi connectivity index (χ1n) is 13.1. The highest BCUT2D eigenvalue weighted by Gasteiger charge is 2.51. The summed E-state index contributed by atoms with van der Waals surface area (Å²) >= 11 is 0. The predicted molar refractivity (Wildman–Crippen MR) is 131 cm³/mol. The maximum Gasteiger partial charge on any atom is 0.469 e. The largest absolute Gasteiger partial charge is 0.469 e. The molecule has 3 aliphatic rings. The van der Waals surface area contributed by atoms with Crippen molar-refractivity contribution in [1.29, 1.82) is 0 Å². The van der Waals surface area contributed by atoms with Gasteiger partial charge in [-0.15, -0.1) is 0 Å². The van der Waals surface area contributed by atoms with Gasteiger partial charge in [0.05, 0.1) is 6.61 Å². The molecule has 206 valence electrons. The van der Waals surface area contributed by atoms with E-state index in [4.69, 9.17) is 14.5 Å². The van der Waals surface area contributed by atoms with Gasteiger partial charge in [0.2, 0.25) is 0 Å². The van der Waals surface area contributed by atoms with Crippen molar-refractivity contribution in [2.45, 2.75) is 114 Å². The number of hydrogen-bond donors (Lipinski definition) is 5. The summed E-state index contributed by atoms with van der Waals surface area (Å²) in [4.78, 5) is 45.4. The molecular weight excluding hydrogens is 491 g/mol. The van der Waals surface area contributed by atoms with E-state index in [0.717, 1.165) is 38.5 Å². The average molecular weight is 533 g/mol. The van der Waals surface area contributed by atoms with Gasteiger partial charge in [-0.2, -0.15) is 0 Å². The average Bonchev–Trinajstić information content (AvgIpc) is 3.10. The number of aliphatic hydroxyl groups is 2. The summed E-state index contributed by atoms with van der Waals surface area (Å²) in [6.07, 6.45) is 10.9. The zero-order valence-electron chi connectivity index (χ0n) is 20.8. The van der Waals surface area contributed by atoms with E-state index in [0.29, 0.717) is 12.8 Å². The number of carbonyl (C=O) groups excluding carboxylic acids is 2. The van der Waals surface area contributed by atoms with Crippen LogP contribution in [-0.2, 0) is 18.6 Å². The molecule has 12 heteroatoms. The highest BCUT2D eigenvalue weighted by Crippen LogP contribution is 2.38. The number of amides is 2. The molecule has 5 unspecified atom stereocenters. The van der Waals surface area contributed by atoms with Crippen LogP contribution >= 0.6 is 7.82 Å². The number of ether oxygens (including phenoxy) is 1. The minimum Gasteiger partial charge on any atom is -0.387 e. The van der Waals surface area contributed by atoms with Crippen molar-refractivity contribution in [2.75, 3.05) is 13.2 Å². The summed E-state index contributed by atoms with van der Waals surface area (Å²) in [5, 5.41) is 23.6. The molecule has 11 nitrogen and oxygen atoms in total. The molecule has 2 fully saturated rings. The number of hydrogen-bond acceptors (Lipinski definition) is 7. The third kappa shape index (κ3) is 8.08. The topological polar surface area (TPSA) is 166 Å². The van der Waals surface area contributed by atoms with Crippen LogP contribution in [0.2, 0.25) is 0 Å². The predicted octanol–water partition coefficient (Wildman–Crippen LogP) is 2.52. The normalized spacial score (nSPS) is 34.2. The van der Waals surface area contributed by atoms with Gasteiger partial charge in [0, 0.05) is 6.54 Å². The summed E-state index contributed by atoms with van der Waals surface area (Å²) in [6, 6.07) is -0.592. The van der Waals surface area contributed by atoms with Crippen LogP contribution in [0.3, 0.4) is 0 Å². The lowest BCUT2D eigenvalue weighted by Crippen LogP contribution is -2.66. The van der Waals surface area contributed by atoms with Crippen LogP contribution in [0.25, 0.3) is 0 Å². The van der Waals surface area contributed by atoms with Gasteiger partial charge in [0.1, 0.15) is 23.9 Å². The Labute approximate surface area is 212 Å². The maximum absolute atomic E-state index is 13.3. The maximum atomic E-state index is 13.3. The zero-order chi connectivity index (χ0) is 26.2. The molecule has 5 N–H and O–H groups in total. The lowest BCUT2D eigenvalue weighted by molar-refractivity contribution is -0.124. The van der Waals surface area contributed by atoms with E-state index in [1.807, 2.05) is 6.08 Å². The summed E-state index contributed by atoms with van der Waals surface area (Å²) < 4.78 is 20.9. The van der Waals surface area contributed by atoms with Gasteiger partial charge in [-0.3, -0.25) is 14.2 Å². The van der Waals surface area contributed by atoms with Crippen LogP contribution in [0.5, 0.6) is 0 Å². The molecule has 5 atom stereocenters. The number of carbonyl (C=O) groups is 2. The van der Waals surface area contributed by atoms with Crippen LogP contribution in [0.15, 0.2) is 12.2 Å². The standard InChI is InChI=1S/C24H41N2O9P/c27-19-13-11-9-7-5-3-1-2-4-6-8-10-12-14-24(19)15-16-26(23(30)25-24)22-21(29)20(28)18(35-22)17-34-36(31,32)33/h11,13,18,20-22,28-29H,1-10,12,14-17H2,(H,25,30)(H2,31,32,33). The molecule has 0 aromatic rings. The fourth-order valence-electron chi connectivity index (χ4n) is 5.24. The second-order valence-corrected chi connectivity index (χ2v) is 11.4. The monoisotopic (exact) mass is 532 g/mol. The second-order valence-electron chi connectivity index (χ2n) is 10.1. The molecule has 2 saturated heterocycles. The van der Waals surface area contributed by atoms with E-state index in [1.165, 1.54) is 37.0 Å². The van der Waals surface area contributed by atoms with E-state index in [1.54, 1.807) is 6.08 Å². The van der Waals surface area contributed by atoms with E-state index in [2.05, 4.69) is 9.84 Å². The molecule has 2 aliphatic heterocycles. The fourth-order valence-corrected chi connectivity index (χ4v) is 5.58. The first kappa shape index (κ1) is 29.2. The molecule has 1 aliphatic carbocycles. The van der Waals surface area contributed by atoms with E-state index in [9.17, 15) is 24.4 Å². The van der Waals surface area contributed by atoms with Crippen LogP contribution in [0.4, 0.5) is 4.79 Å². The lowest BCUT2D eigenvalue weighted by Gasteiger charge is -2.43. The van der Waals surface area contributed by atoms with E-state index < -0.39 is 50.5 Å². The summed E-state index contributed by atoms with van der Waals surface area (Å²) in [5.41, 5.74) is -1.04. The van der Waals surface area contributed by atoms with Crippen LogP contribution in [-0.4, -0.2) is 79.9 Å². The molecule has 0 saturated carbocycles. The number of aliphatic hydroxyl groups excluding tert-OH is 2. The molecule has 0 bridgehead atoms. The minimum atomic E-state index is -4.80. The molecule has 3 rings (SSSR count). The minimum absolute atomic E-state index is 0.117. The first-order chi connectivity index (χ1) is 17.1. The molecule has 1 spiro atoms. The van der Waals surface area contributed by atoms with Crippen LogP contribution in [0, 0.1) is 0 Å². The van der Waals surface area contributed by atoms with Crippen molar-refractivity contribution in [3.05, 3.63) is 12.2 Å². The Hall–Kier alpha value is -1.33. The third-order valence-electron chi connectivity index (χ3n) is 7.40. The highest BCUT2D eigenvalue weighted by molar-refractivity contribution is 7.46. The molecule has 2 heterocycles. The molecular formula is C24H41N2O9P. The highest BCUT2D eigenvalue weighted by atomic mass is 31.2. The van der Waals surface area contributed by atoms with Crippen molar-refractivity contribution in [1.82, 2.24) is 10.2 Å². The third-order valence-corrected chi connectivity index (χ3v) is 7.89. The Morgan fingerprint density at radius 2 is 1.58 bits per heavy atom. The summed E-state index contributed by atoms with van der Waals surface area (Å²) in [6.45, 7) is -0.534. The Kier molecular flexibility index (Phi) is 10.9. The Balaban J connectivity index is 1.66. The number of rotatable bonds is 4. The molecule has 2 amide bonds. The number of allylic oxidation sites excluding steroid dienone is 1. The van der Waals surface area contributed by atoms with Gasteiger partial charge in [-0.1, -0.05) is 63.9 Å². The Morgan fingerprint density at radius 1 is 0.972 bits per heavy atom. The number of phosphoric ester groups is 1.